The predicted molar refractivity (Wildman–Crippen MR) is 137 cm³/mol. The Labute approximate surface area is 211 Å². The number of rotatable bonds is 7. The van der Waals surface area contributed by atoms with Gasteiger partial charge in [0.2, 0.25) is 0 Å². The molecule has 0 amide bonds. The van der Waals surface area contributed by atoms with Crippen LogP contribution in [-0.2, 0) is 20.0 Å². The summed E-state index contributed by atoms with van der Waals surface area (Å²) in [6.45, 7) is 6.27. The van der Waals surface area contributed by atoms with Gasteiger partial charge in [0, 0.05) is 25.3 Å². The number of sulfonamides is 2. The zero-order chi connectivity index (χ0) is 24.3. The Bertz CT molecular complexity index is 1350. The Morgan fingerprint density at radius 2 is 1.63 bits per heavy atom. The number of nitrogens with one attached hydrogen (secondary N) is 3. The van der Waals surface area contributed by atoms with E-state index in [0.717, 1.165) is 38.3 Å². The van der Waals surface area contributed by atoms with Crippen molar-refractivity contribution in [1.82, 2.24) is 10.5 Å². The van der Waals surface area contributed by atoms with Gasteiger partial charge in [-0.1, -0.05) is 23.4 Å². The molecule has 1 fully saturated rings. The van der Waals surface area contributed by atoms with E-state index in [0.29, 0.717) is 0 Å². The summed E-state index contributed by atoms with van der Waals surface area (Å²) < 4.78 is 62.4. The molecule has 13 heteroatoms. The van der Waals surface area contributed by atoms with Crippen LogP contribution < -0.4 is 19.7 Å². The molecule has 0 spiro atoms. The van der Waals surface area contributed by atoms with Crippen molar-refractivity contribution in [3.05, 3.63) is 60.0 Å². The first-order chi connectivity index (χ1) is 16.2. The van der Waals surface area contributed by atoms with Gasteiger partial charge in [-0.25, -0.2) is 16.8 Å². The second-order valence-electron chi connectivity index (χ2n) is 8.00. The third kappa shape index (κ3) is 6.07. The third-order valence-corrected chi connectivity index (χ3v) is 8.48. The number of anilines is 3. The van der Waals surface area contributed by atoms with Gasteiger partial charge in [0.25, 0.3) is 20.0 Å². The van der Waals surface area contributed by atoms with Crippen LogP contribution in [0.4, 0.5) is 17.1 Å². The molecule has 0 atom stereocenters. The zero-order valence-corrected chi connectivity index (χ0v) is 21.8. The highest BCUT2D eigenvalue weighted by atomic mass is 35.5. The fraction of sp³-hybridized carbons (Fsp3) is 0.318. The summed E-state index contributed by atoms with van der Waals surface area (Å²) in [4.78, 5) is 2.12. The molecule has 1 aliphatic rings. The summed E-state index contributed by atoms with van der Waals surface area (Å²) in [5.41, 5.74) is 1.21. The largest absolute Gasteiger partial charge is 0.370 e. The Balaban J connectivity index is 0.00000342. The molecule has 190 valence electrons. The molecular weight excluding hydrogens is 514 g/mol. The molecule has 1 aliphatic heterocycles. The zero-order valence-electron chi connectivity index (χ0n) is 19.3. The van der Waals surface area contributed by atoms with Crippen molar-refractivity contribution >= 4 is 49.5 Å². The normalized spacial score (nSPS) is 14.6. The molecule has 3 N–H and O–H groups in total. The predicted octanol–water partition coefficient (Wildman–Crippen LogP) is 3.11. The Kier molecular flexibility index (Phi) is 8.31. The molecule has 2 aromatic carbocycles. The Hall–Kier alpha value is -2.80. The summed E-state index contributed by atoms with van der Waals surface area (Å²) in [7, 11) is -8.05. The number of halogens is 1. The number of aryl methyl sites for hydroxylation is 2. The highest BCUT2D eigenvalue weighted by molar-refractivity contribution is 7.93. The van der Waals surface area contributed by atoms with Gasteiger partial charge in [-0.3, -0.25) is 9.44 Å². The van der Waals surface area contributed by atoms with Crippen LogP contribution >= 0.6 is 12.4 Å². The Morgan fingerprint density at radius 3 is 2.31 bits per heavy atom. The molecule has 4 rings (SSSR count). The number of nitrogens with zero attached hydrogens (tertiary/aromatic N) is 2. The van der Waals surface area contributed by atoms with Crippen LogP contribution in [0.15, 0.2) is 62.8 Å². The topological polar surface area (TPSA) is 134 Å². The minimum absolute atomic E-state index is 0. The van der Waals surface area contributed by atoms with Crippen molar-refractivity contribution < 1.29 is 21.4 Å². The molecule has 0 aliphatic carbocycles. The summed E-state index contributed by atoms with van der Waals surface area (Å²) in [6.07, 6.45) is 0.936. The van der Waals surface area contributed by atoms with E-state index in [4.69, 9.17) is 4.52 Å². The van der Waals surface area contributed by atoms with Crippen LogP contribution in [0, 0.1) is 13.8 Å². The minimum atomic E-state index is -4.08. The second kappa shape index (κ2) is 10.9. The van der Waals surface area contributed by atoms with E-state index < -0.39 is 20.0 Å². The van der Waals surface area contributed by atoms with Crippen molar-refractivity contribution in [2.45, 2.75) is 30.1 Å². The van der Waals surface area contributed by atoms with Crippen LogP contribution in [0.3, 0.4) is 0 Å². The first-order valence-corrected chi connectivity index (χ1v) is 13.8. The SMILES string of the molecule is Cc1noc(C)c1S(=O)(=O)Nc1ccc(N2CCCNCC2)cc1NS(=O)(=O)c1ccccc1.Cl. The standard InChI is InChI=1S/C22H27N5O5S2.ClH/c1-16-22(17(2)32-24-16)34(30,31)25-20-10-9-18(27-13-6-11-23-12-14-27)15-21(20)26-33(28,29)19-7-4-3-5-8-19;/h3-5,7-10,15,23,25-26H,6,11-14H2,1-2H3;1H. The third-order valence-electron chi connectivity index (χ3n) is 5.49. The van der Waals surface area contributed by atoms with Crippen molar-refractivity contribution in [1.29, 1.82) is 0 Å². The molecule has 0 radical (unpaired) electrons. The molecule has 3 aromatic rings. The van der Waals surface area contributed by atoms with Crippen LogP contribution in [0.5, 0.6) is 0 Å². The summed E-state index contributed by atoms with van der Waals surface area (Å²) in [5, 5.41) is 7.04. The molecule has 0 saturated carbocycles. The number of aromatic nitrogens is 1. The first kappa shape index (κ1) is 26.8. The van der Waals surface area contributed by atoms with E-state index in [2.05, 4.69) is 24.8 Å². The monoisotopic (exact) mass is 541 g/mol. The minimum Gasteiger partial charge on any atom is -0.370 e. The van der Waals surface area contributed by atoms with Crippen molar-refractivity contribution in [3.63, 3.8) is 0 Å². The van der Waals surface area contributed by atoms with Gasteiger partial charge < -0.3 is 14.7 Å². The van der Waals surface area contributed by atoms with Gasteiger partial charge in [0.05, 0.1) is 16.3 Å². The first-order valence-electron chi connectivity index (χ1n) is 10.8. The average molecular weight is 542 g/mol. The van der Waals surface area contributed by atoms with Crippen LogP contribution in [0.1, 0.15) is 17.9 Å². The number of hydrogen-bond donors (Lipinski definition) is 3. The van der Waals surface area contributed by atoms with E-state index in [1.807, 2.05) is 0 Å². The maximum Gasteiger partial charge on any atom is 0.267 e. The van der Waals surface area contributed by atoms with E-state index in [-0.39, 0.29) is 45.0 Å². The van der Waals surface area contributed by atoms with Crippen LogP contribution in [0.25, 0.3) is 0 Å². The highest BCUT2D eigenvalue weighted by Gasteiger charge is 2.26. The number of hydrogen-bond acceptors (Lipinski definition) is 8. The Morgan fingerprint density at radius 1 is 0.914 bits per heavy atom. The molecule has 35 heavy (non-hydrogen) atoms. The summed E-state index contributed by atoms with van der Waals surface area (Å²) >= 11 is 0. The van der Waals surface area contributed by atoms with Crippen molar-refractivity contribution in [3.8, 4) is 0 Å². The van der Waals surface area contributed by atoms with Crippen LogP contribution in [-0.4, -0.2) is 48.2 Å². The molecule has 0 unspecified atom stereocenters. The summed E-state index contributed by atoms with van der Waals surface area (Å²) in [5.74, 6) is 0.144. The highest BCUT2D eigenvalue weighted by Crippen LogP contribution is 2.33. The lowest BCUT2D eigenvalue weighted by atomic mass is 10.2. The van der Waals surface area contributed by atoms with Crippen molar-refractivity contribution in [2.24, 2.45) is 0 Å². The smallest absolute Gasteiger partial charge is 0.267 e. The van der Waals surface area contributed by atoms with Gasteiger partial charge >= 0.3 is 0 Å². The second-order valence-corrected chi connectivity index (χ2v) is 11.3. The van der Waals surface area contributed by atoms with Gasteiger partial charge in [-0.15, -0.1) is 12.4 Å². The fourth-order valence-electron chi connectivity index (χ4n) is 3.86. The maximum absolute atomic E-state index is 13.1. The average Bonchev–Trinajstić information content (AvgIpc) is 2.99. The summed E-state index contributed by atoms with van der Waals surface area (Å²) in [6, 6.07) is 12.9. The van der Waals surface area contributed by atoms with Gasteiger partial charge in [0.15, 0.2) is 10.7 Å². The maximum atomic E-state index is 13.1. The van der Waals surface area contributed by atoms with Gasteiger partial charge in [-0.2, -0.15) is 0 Å². The van der Waals surface area contributed by atoms with Crippen molar-refractivity contribution in [2.75, 3.05) is 40.5 Å². The fourth-order valence-corrected chi connectivity index (χ4v) is 6.37. The van der Waals surface area contributed by atoms with E-state index >= 15 is 0 Å². The molecular formula is C22H28ClN5O5S2. The molecule has 1 saturated heterocycles. The lowest BCUT2D eigenvalue weighted by Crippen LogP contribution is -2.28. The van der Waals surface area contributed by atoms with E-state index in [9.17, 15) is 16.8 Å². The van der Waals surface area contributed by atoms with Crippen LogP contribution in [0.2, 0.25) is 0 Å². The van der Waals surface area contributed by atoms with E-state index in [1.54, 1.807) is 36.4 Å². The van der Waals surface area contributed by atoms with Gasteiger partial charge in [-0.05, 0) is 57.1 Å². The molecule has 10 nitrogen and oxygen atoms in total. The lowest BCUT2D eigenvalue weighted by molar-refractivity contribution is 0.390. The lowest BCUT2D eigenvalue weighted by Gasteiger charge is -2.24. The van der Waals surface area contributed by atoms with Gasteiger partial charge in [0.1, 0.15) is 5.69 Å². The molecule has 2 heterocycles. The molecule has 0 bridgehead atoms. The quantitative estimate of drug-likeness (QED) is 0.415. The number of benzene rings is 2. The molecule has 1 aromatic heterocycles. The van der Waals surface area contributed by atoms with E-state index in [1.165, 1.54) is 26.0 Å².